The van der Waals surface area contributed by atoms with E-state index in [-0.39, 0.29) is 6.54 Å². The SMILES string of the molecule is O=[C]CN(NC(=O)c1cccs1)C(=O)C=Cc1ccccc1. The first kappa shape index (κ1) is 15.7. The van der Waals surface area contributed by atoms with Crippen LogP contribution < -0.4 is 5.43 Å². The summed E-state index contributed by atoms with van der Waals surface area (Å²) in [6.07, 6.45) is 4.51. The second-order valence-corrected chi connectivity index (χ2v) is 5.18. The molecule has 1 N–H and O–H groups in total. The Bertz CT molecular complexity index is 666. The van der Waals surface area contributed by atoms with Crippen LogP contribution in [0, 0.1) is 0 Å². The van der Waals surface area contributed by atoms with Gasteiger partial charge >= 0.3 is 0 Å². The van der Waals surface area contributed by atoms with E-state index in [1.54, 1.807) is 29.9 Å². The zero-order valence-corrected chi connectivity index (χ0v) is 12.4. The van der Waals surface area contributed by atoms with Crippen molar-refractivity contribution in [3.05, 3.63) is 64.4 Å². The van der Waals surface area contributed by atoms with Crippen molar-refractivity contribution < 1.29 is 14.4 Å². The Morgan fingerprint density at radius 3 is 2.59 bits per heavy atom. The second kappa shape index (κ2) is 7.90. The van der Waals surface area contributed by atoms with E-state index in [4.69, 9.17) is 0 Å². The van der Waals surface area contributed by atoms with Crippen molar-refractivity contribution >= 4 is 35.5 Å². The molecule has 2 rings (SSSR count). The van der Waals surface area contributed by atoms with Crippen molar-refractivity contribution in [1.82, 2.24) is 10.4 Å². The zero-order chi connectivity index (χ0) is 15.8. The molecule has 1 aromatic heterocycles. The molecule has 22 heavy (non-hydrogen) atoms. The van der Waals surface area contributed by atoms with E-state index in [0.717, 1.165) is 10.6 Å². The highest BCUT2D eigenvalue weighted by atomic mass is 32.1. The van der Waals surface area contributed by atoms with E-state index >= 15 is 0 Å². The Morgan fingerprint density at radius 2 is 1.95 bits per heavy atom. The zero-order valence-electron chi connectivity index (χ0n) is 11.6. The van der Waals surface area contributed by atoms with Crippen molar-refractivity contribution in [3.63, 3.8) is 0 Å². The minimum atomic E-state index is -0.503. The normalized spacial score (nSPS) is 10.4. The summed E-state index contributed by atoms with van der Waals surface area (Å²) in [4.78, 5) is 35.0. The van der Waals surface area contributed by atoms with Crippen LogP contribution in [-0.4, -0.2) is 29.7 Å². The Morgan fingerprint density at radius 1 is 1.18 bits per heavy atom. The summed E-state index contributed by atoms with van der Waals surface area (Å²) in [5.74, 6) is -0.941. The maximum absolute atomic E-state index is 12.1. The maximum atomic E-state index is 12.1. The van der Waals surface area contributed by atoms with Gasteiger partial charge in [0, 0.05) is 6.08 Å². The molecule has 5 nitrogen and oxygen atoms in total. The first-order chi connectivity index (χ1) is 10.7. The van der Waals surface area contributed by atoms with Crippen LogP contribution in [-0.2, 0) is 9.59 Å². The van der Waals surface area contributed by atoms with Gasteiger partial charge in [0.2, 0.25) is 6.29 Å². The first-order valence-corrected chi connectivity index (χ1v) is 7.33. The van der Waals surface area contributed by atoms with E-state index < -0.39 is 11.8 Å². The number of amides is 2. The summed E-state index contributed by atoms with van der Waals surface area (Å²) >= 11 is 1.25. The van der Waals surface area contributed by atoms with E-state index in [1.807, 2.05) is 30.3 Å². The fraction of sp³-hybridized carbons (Fsp3) is 0.0625. The summed E-state index contributed by atoms with van der Waals surface area (Å²) in [5, 5.41) is 2.68. The summed E-state index contributed by atoms with van der Waals surface area (Å²) in [7, 11) is 0. The van der Waals surface area contributed by atoms with Crippen LogP contribution in [0.1, 0.15) is 15.2 Å². The van der Waals surface area contributed by atoms with Gasteiger partial charge in [-0.05, 0) is 23.1 Å². The molecular weight excluding hydrogens is 300 g/mol. The predicted octanol–water partition coefficient (Wildman–Crippen LogP) is 2.04. The lowest BCUT2D eigenvalue weighted by molar-refractivity contribution is -0.127. The van der Waals surface area contributed by atoms with Gasteiger partial charge < -0.3 is 0 Å². The molecule has 2 aromatic rings. The molecule has 1 heterocycles. The molecule has 0 fully saturated rings. The van der Waals surface area contributed by atoms with Crippen LogP contribution in [0.4, 0.5) is 0 Å². The highest BCUT2D eigenvalue weighted by Crippen LogP contribution is 2.08. The number of thiophene rings is 1. The van der Waals surface area contributed by atoms with Gasteiger partial charge in [-0.3, -0.25) is 19.8 Å². The molecule has 0 saturated heterocycles. The molecule has 6 heteroatoms. The molecule has 0 bridgehead atoms. The Balaban J connectivity index is 2.03. The number of hydrazine groups is 1. The summed E-state index contributed by atoms with van der Waals surface area (Å²) in [5.41, 5.74) is 3.24. The number of benzene rings is 1. The monoisotopic (exact) mass is 313 g/mol. The topological polar surface area (TPSA) is 66.5 Å². The Labute approximate surface area is 131 Å². The molecule has 111 valence electrons. The van der Waals surface area contributed by atoms with Gasteiger partial charge in [-0.25, -0.2) is 5.01 Å². The third-order valence-corrected chi connectivity index (χ3v) is 3.56. The van der Waals surface area contributed by atoms with Gasteiger partial charge in [0.1, 0.15) is 6.54 Å². The van der Waals surface area contributed by atoms with Gasteiger partial charge in [-0.2, -0.15) is 0 Å². The second-order valence-electron chi connectivity index (χ2n) is 4.23. The molecule has 1 radical (unpaired) electrons. The quantitative estimate of drug-likeness (QED) is 0.678. The smallest absolute Gasteiger partial charge is 0.279 e. The number of carbonyl (C=O) groups is 2. The van der Waals surface area contributed by atoms with Crippen LogP contribution in [0.25, 0.3) is 6.08 Å². The van der Waals surface area contributed by atoms with Gasteiger partial charge in [0.05, 0.1) is 4.88 Å². The number of nitrogens with zero attached hydrogens (tertiary/aromatic N) is 1. The van der Waals surface area contributed by atoms with Crippen molar-refractivity contribution in [2.45, 2.75) is 0 Å². The number of hydrogen-bond acceptors (Lipinski definition) is 4. The summed E-state index contributed by atoms with van der Waals surface area (Å²) in [6, 6.07) is 12.6. The molecule has 0 aliphatic heterocycles. The average molecular weight is 313 g/mol. The molecule has 0 aliphatic rings. The fourth-order valence-corrected chi connectivity index (χ4v) is 2.26. The van der Waals surface area contributed by atoms with Gasteiger partial charge in [-0.15, -0.1) is 11.3 Å². The van der Waals surface area contributed by atoms with Gasteiger partial charge in [-0.1, -0.05) is 36.4 Å². The Hall–Kier alpha value is -2.73. The van der Waals surface area contributed by atoms with E-state index in [1.165, 1.54) is 17.4 Å². The van der Waals surface area contributed by atoms with E-state index in [9.17, 15) is 14.4 Å². The number of hydrogen-bond donors (Lipinski definition) is 1. The minimum Gasteiger partial charge on any atom is -0.289 e. The molecule has 0 spiro atoms. The molecular formula is C16H13N2O3S. The lowest BCUT2D eigenvalue weighted by atomic mass is 10.2. The van der Waals surface area contributed by atoms with Crippen LogP contribution in [0.2, 0.25) is 0 Å². The first-order valence-electron chi connectivity index (χ1n) is 6.45. The highest BCUT2D eigenvalue weighted by molar-refractivity contribution is 7.12. The molecule has 0 unspecified atom stereocenters. The highest BCUT2D eigenvalue weighted by Gasteiger charge is 2.15. The van der Waals surface area contributed by atoms with Crippen LogP contribution >= 0.6 is 11.3 Å². The summed E-state index contributed by atoms with van der Waals surface area (Å²) < 4.78 is 0. The number of rotatable bonds is 5. The molecule has 0 atom stereocenters. The largest absolute Gasteiger partial charge is 0.289 e. The van der Waals surface area contributed by atoms with Crippen molar-refractivity contribution in [3.8, 4) is 0 Å². The molecule has 1 aromatic carbocycles. The average Bonchev–Trinajstić information content (AvgIpc) is 3.07. The third kappa shape index (κ3) is 4.39. The maximum Gasteiger partial charge on any atom is 0.279 e. The Kier molecular flexibility index (Phi) is 5.62. The van der Waals surface area contributed by atoms with E-state index in [2.05, 4.69) is 5.43 Å². The number of carbonyl (C=O) groups excluding carboxylic acids is 3. The number of nitrogens with one attached hydrogen (secondary N) is 1. The van der Waals surface area contributed by atoms with Crippen molar-refractivity contribution in [2.75, 3.05) is 6.54 Å². The van der Waals surface area contributed by atoms with Crippen LogP contribution in [0.5, 0.6) is 0 Å². The standard InChI is InChI=1S/C16H13N2O3S/c19-11-10-18(17-16(21)14-7-4-12-22-14)15(20)9-8-13-5-2-1-3-6-13/h1-9,12H,10H2,(H,17,21). The van der Waals surface area contributed by atoms with Crippen LogP contribution in [0.3, 0.4) is 0 Å². The van der Waals surface area contributed by atoms with Crippen molar-refractivity contribution in [1.29, 1.82) is 0 Å². The van der Waals surface area contributed by atoms with Gasteiger partial charge in [0.15, 0.2) is 0 Å². The minimum absolute atomic E-state index is 0.338. The van der Waals surface area contributed by atoms with Crippen molar-refractivity contribution in [2.24, 2.45) is 0 Å². The molecule has 0 saturated carbocycles. The van der Waals surface area contributed by atoms with E-state index in [0.29, 0.717) is 4.88 Å². The fourth-order valence-electron chi connectivity index (χ4n) is 1.64. The predicted molar refractivity (Wildman–Crippen MR) is 84.7 cm³/mol. The molecule has 0 aliphatic carbocycles. The lowest BCUT2D eigenvalue weighted by Crippen LogP contribution is -2.46. The lowest BCUT2D eigenvalue weighted by Gasteiger charge is -2.18. The third-order valence-electron chi connectivity index (χ3n) is 2.69. The van der Waals surface area contributed by atoms with Gasteiger partial charge in [0.25, 0.3) is 11.8 Å². The van der Waals surface area contributed by atoms with Crippen LogP contribution in [0.15, 0.2) is 53.9 Å². The molecule has 2 amide bonds. The summed E-state index contributed by atoms with van der Waals surface area (Å²) in [6.45, 7) is -0.338.